The molecule has 2 N–H and O–H groups in total. The summed E-state index contributed by atoms with van der Waals surface area (Å²) in [7, 11) is 1.78. The summed E-state index contributed by atoms with van der Waals surface area (Å²) in [6.07, 6.45) is 2.82. The van der Waals surface area contributed by atoms with Gasteiger partial charge in [0.1, 0.15) is 0 Å². The normalized spacial score (nSPS) is 15.4. The third kappa shape index (κ3) is 8.68. The number of aliphatic imine (C=N–C) groups is 1. The molecule has 0 aromatic carbocycles. The number of halogens is 1. The van der Waals surface area contributed by atoms with Crippen molar-refractivity contribution in [3.05, 3.63) is 23.9 Å². The topological polar surface area (TPSA) is 71.0 Å². The number of hydrogen-bond acceptors (Lipinski definition) is 5. The van der Waals surface area contributed by atoms with Crippen LogP contribution >= 0.6 is 24.0 Å². The molecule has 1 aromatic heterocycles. The molecule has 2 heterocycles. The Bertz CT molecular complexity index is 492. The largest absolute Gasteiger partial charge is 0.478 e. The number of guanidine groups is 1. The highest BCUT2D eigenvalue weighted by atomic mass is 127. The Hall–Kier alpha value is -1.13. The van der Waals surface area contributed by atoms with Gasteiger partial charge >= 0.3 is 0 Å². The second-order valence-corrected chi connectivity index (χ2v) is 5.66. The van der Waals surface area contributed by atoms with E-state index in [-0.39, 0.29) is 24.0 Å². The monoisotopic (exact) mass is 463 g/mol. The third-order valence-corrected chi connectivity index (χ3v) is 3.76. The summed E-state index contributed by atoms with van der Waals surface area (Å²) < 4.78 is 10.8. The fraction of sp³-hybridized carbons (Fsp3) is 0.647. The van der Waals surface area contributed by atoms with Crippen LogP contribution in [0.3, 0.4) is 0 Å². The predicted octanol–water partition coefficient (Wildman–Crippen LogP) is 1.49. The zero-order valence-corrected chi connectivity index (χ0v) is 17.5. The second kappa shape index (κ2) is 13.1. The molecule has 1 fully saturated rings. The molecule has 8 heteroatoms. The molecular weight excluding hydrogens is 433 g/mol. The van der Waals surface area contributed by atoms with Gasteiger partial charge in [-0.2, -0.15) is 0 Å². The van der Waals surface area contributed by atoms with Crippen molar-refractivity contribution in [2.24, 2.45) is 4.99 Å². The zero-order chi connectivity index (χ0) is 17.0. The first kappa shape index (κ1) is 21.9. The van der Waals surface area contributed by atoms with Gasteiger partial charge in [0, 0.05) is 52.0 Å². The van der Waals surface area contributed by atoms with Gasteiger partial charge in [0.2, 0.25) is 5.88 Å². The molecule has 25 heavy (non-hydrogen) atoms. The first-order valence-corrected chi connectivity index (χ1v) is 8.64. The van der Waals surface area contributed by atoms with Crippen LogP contribution in [0.25, 0.3) is 0 Å². The SMILES string of the molecule is CCCOc1ccc(CNC(=NC)NCCN2CCOCC2)cn1.I. The lowest BCUT2D eigenvalue weighted by atomic mass is 10.3. The van der Waals surface area contributed by atoms with Crippen molar-refractivity contribution < 1.29 is 9.47 Å². The van der Waals surface area contributed by atoms with Crippen LogP contribution in [0.5, 0.6) is 5.88 Å². The molecule has 142 valence electrons. The number of nitrogens with one attached hydrogen (secondary N) is 2. The summed E-state index contributed by atoms with van der Waals surface area (Å²) in [4.78, 5) is 10.9. The van der Waals surface area contributed by atoms with E-state index in [0.29, 0.717) is 19.0 Å². The Morgan fingerprint density at radius 1 is 1.32 bits per heavy atom. The van der Waals surface area contributed by atoms with E-state index in [4.69, 9.17) is 9.47 Å². The van der Waals surface area contributed by atoms with Crippen LogP contribution in [0.1, 0.15) is 18.9 Å². The van der Waals surface area contributed by atoms with Gasteiger partial charge in [0.05, 0.1) is 19.8 Å². The maximum atomic E-state index is 5.49. The van der Waals surface area contributed by atoms with Crippen LogP contribution in [0.4, 0.5) is 0 Å². The average molecular weight is 463 g/mol. The fourth-order valence-electron chi connectivity index (χ4n) is 2.37. The van der Waals surface area contributed by atoms with E-state index in [9.17, 15) is 0 Å². The van der Waals surface area contributed by atoms with Crippen molar-refractivity contribution in [1.29, 1.82) is 0 Å². The summed E-state index contributed by atoms with van der Waals surface area (Å²) in [5.74, 6) is 1.48. The van der Waals surface area contributed by atoms with Gasteiger partial charge < -0.3 is 20.1 Å². The molecule has 7 nitrogen and oxygen atoms in total. The Morgan fingerprint density at radius 2 is 2.12 bits per heavy atom. The molecular formula is C17H30IN5O2. The number of ether oxygens (including phenoxy) is 2. The number of nitrogens with zero attached hydrogens (tertiary/aromatic N) is 3. The molecule has 0 aliphatic carbocycles. The highest BCUT2D eigenvalue weighted by Gasteiger charge is 2.09. The van der Waals surface area contributed by atoms with E-state index in [1.807, 2.05) is 18.3 Å². The van der Waals surface area contributed by atoms with Gasteiger partial charge in [-0.25, -0.2) is 4.98 Å². The molecule has 1 aromatic rings. The minimum absolute atomic E-state index is 0. The number of hydrogen-bond donors (Lipinski definition) is 2. The zero-order valence-electron chi connectivity index (χ0n) is 15.2. The maximum Gasteiger partial charge on any atom is 0.213 e. The van der Waals surface area contributed by atoms with Crippen molar-refractivity contribution >= 4 is 29.9 Å². The molecule has 0 spiro atoms. The molecule has 0 saturated carbocycles. The standard InChI is InChI=1S/C17H29N5O2.HI/c1-3-10-24-16-5-4-15(13-20-16)14-21-17(18-2)19-6-7-22-8-11-23-12-9-22;/h4-5,13H,3,6-12,14H2,1-2H3,(H2,18,19,21);1H. The Labute approximate surface area is 167 Å². The van der Waals surface area contributed by atoms with Crippen LogP contribution in [-0.2, 0) is 11.3 Å². The van der Waals surface area contributed by atoms with Gasteiger partial charge in [0.25, 0.3) is 0 Å². The number of rotatable bonds is 8. The first-order valence-electron chi connectivity index (χ1n) is 8.64. The molecule has 0 unspecified atom stereocenters. The van der Waals surface area contributed by atoms with Crippen molar-refractivity contribution in [3.8, 4) is 5.88 Å². The first-order chi connectivity index (χ1) is 11.8. The maximum absolute atomic E-state index is 5.49. The summed E-state index contributed by atoms with van der Waals surface area (Å²) in [5.41, 5.74) is 1.09. The molecule has 0 radical (unpaired) electrons. The summed E-state index contributed by atoms with van der Waals surface area (Å²) >= 11 is 0. The highest BCUT2D eigenvalue weighted by Crippen LogP contribution is 2.07. The molecule has 0 bridgehead atoms. The van der Waals surface area contributed by atoms with Gasteiger partial charge in [-0.1, -0.05) is 13.0 Å². The fourth-order valence-corrected chi connectivity index (χ4v) is 2.37. The van der Waals surface area contributed by atoms with Gasteiger partial charge in [-0.3, -0.25) is 9.89 Å². The quantitative estimate of drug-likeness (QED) is 0.346. The third-order valence-electron chi connectivity index (χ3n) is 3.76. The lowest BCUT2D eigenvalue weighted by molar-refractivity contribution is 0.0389. The van der Waals surface area contributed by atoms with Crippen molar-refractivity contribution in [1.82, 2.24) is 20.5 Å². The van der Waals surface area contributed by atoms with Crippen LogP contribution in [0.15, 0.2) is 23.3 Å². The number of aromatic nitrogens is 1. The summed E-state index contributed by atoms with van der Waals surface area (Å²) in [6.45, 7) is 8.99. The number of pyridine rings is 1. The van der Waals surface area contributed by atoms with E-state index >= 15 is 0 Å². The van der Waals surface area contributed by atoms with Crippen LogP contribution in [0.2, 0.25) is 0 Å². The van der Waals surface area contributed by atoms with Crippen LogP contribution < -0.4 is 15.4 Å². The Morgan fingerprint density at radius 3 is 2.76 bits per heavy atom. The molecule has 0 atom stereocenters. The van der Waals surface area contributed by atoms with E-state index in [1.54, 1.807) is 7.05 Å². The van der Waals surface area contributed by atoms with Crippen molar-refractivity contribution in [2.45, 2.75) is 19.9 Å². The van der Waals surface area contributed by atoms with Gasteiger partial charge in [-0.15, -0.1) is 24.0 Å². The summed E-state index contributed by atoms with van der Waals surface area (Å²) in [6, 6.07) is 3.92. The van der Waals surface area contributed by atoms with Crippen molar-refractivity contribution in [3.63, 3.8) is 0 Å². The molecule has 0 amide bonds. The molecule has 1 aliphatic rings. The van der Waals surface area contributed by atoms with Gasteiger partial charge in [0.15, 0.2) is 5.96 Å². The van der Waals surface area contributed by atoms with Crippen LogP contribution in [-0.4, -0.2) is 68.9 Å². The van der Waals surface area contributed by atoms with E-state index in [2.05, 4.69) is 32.4 Å². The number of morpholine rings is 1. The second-order valence-electron chi connectivity index (χ2n) is 5.66. The van der Waals surface area contributed by atoms with Crippen molar-refractivity contribution in [2.75, 3.05) is 53.0 Å². The van der Waals surface area contributed by atoms with Crippen LogP contribution in [0, 0.1) is 0 Å². The minimum Gasteiger partial charge on any atom is -0.478 e. The van der Waals surface area contributed by atoms with E-state index in [1.165, 1.54) is 0 Å². The summed E-state index contributed by atoms with van der Waals surface area (Å²) in [5, 5.41) is 6.64. The predicted molar refractivity (Wildman–Crippen MR) is 111 cm³/mol. The lowest BCUT2D eigenvalue weighted by Crippen LogP contribution is -2.44. The highest BCUT2D eigenvalue weighted by molar-refractivity contribution is 14.0. The molecule has 2 rings (SSSR count). The van der Waals surface area contributed by atoms with E-state index in [0.717, 1.165) is 57.3 Å². The Balaban J connectivity index is 0.00000312. The smallest absolute Gasteiger partial charge is 0.213 e. The average Bonchev–Trinajstić information content (AvgIpc) is 2.64. The van der Waals surface area contributed by atoms with Gasteiger partial charge in [-0.05, 0) is 12.0 Å². The minimum atomic E-state index is 0. The lowest BCUT2D eigenvalue weighted by Gasteiger charge is -2.26. The van der Waals surface area contributed by atoms with E-state index < -0.39 is 0 Å². The molecule has 1 aliphatic heterocycles. The Kier molecular flexibility index (Phi) is 11.5. The molecule has 1 saturated heterocycles.